The van der Waals surface area contributed by atoms with E-state index in [0.717, 1.165) is 5.56 Å². The molecule has 0 aliphatic heterocycles. The number of carbonyl (C=O) groups excluding carboxylic acids is 1. The Bertz CT molecular complexity index is 797. The van der Waals surface area contributed by atoms with Crippen LogP contribution in [0.3, 0.4) is 0 Å². The predicted octanol–water partition coefficient (Wildman–Crippen LogP) is 5.10. The molecule has 0 radical (unpaired) electrons. The highest BCUT2D eigenvalue weighted by Crippen LogP contribution is 2.23. The molecule has 4 heteroatoms. The summed E-state index contributed by atoms with van der Waals surface area (Å²) >= 11 is 0. The molecule has 0 amide bonds. The van der Waals surface area contributed by atoms with Crippen LogP contribution in [0.15, 0.2) is 48.5 Å². The zero-order chi connectivity index (χ0) is 17.9. The Kier molecular flexibility index (Phi) is 4.98. The van der Waals surface area contributed by atoms with Crippen molar-refractivity contribution in [3.8, 4) is 0 Å². The van der Waals surface area contributed by atoms with Crippen LogP contribution in [-0.2, 0) is 5.41 Å². The van der Waals surface area contributed by atoms with E-state index in [0.29, 0.717) is 11.1 Å². The summed E-state index contributed by atoms with van der Waals surface area (Å²) in [6.07, 6.45) is 3.17. The third-order valence-corrected chi connectivity index (χ3v) is 3.89. The van der Waals surface area contributed by atoms with Gasteiger partial charge in [-0.1, -0.05) is 63.2 Å². The van der Waals surface area contributed by atoms with Crippen LogP contribution in [0.25, 0.3) is 6.08 Å². The molecule has 0 spiro atoms. The van der Waals surface area contributed by atoms with Gasteiger partial charge in [-0.2, -0.15) is 0 Å². The summed E-state index contributed by atoms with van der Waals surface area (Å²) in [6.45, 7) is 8.09. The van der Waals surface area contributed by atoms with Crippen molar-refractivity contribution in [2.75, 3.05) is 0 Å². The minimum Gasteiger partial charge on any atom is -0.289 e. The standard InChI is InChI=1S/C20H21NO3/c1-14-5-9-16(13-18(14)21(23)24)19(22)12-8-15-6-10-17(11-7-15)20(2,3)4/h5-13H,1-4H3. The SMILES string of the molecule is Cc1ccc(C(=O)C=Cc2ccc(C(C)(C)C)cc2)cc1[N+](=O)[O-]. The summed E-state index contributed by atoms with van der Waals surface area (Å²) in [5.74, 6) is -0.252. The first-order chi connectivity index (χ1) is 11.2. The second-order valence-corrected chi connectivity index (χ2v) is 6.83. The number of hydrogen-bond donors (Lipinski definition) is 0. The van der Waals surface area contributed by atoms with E-state index in [2.05, 4.69) is 20.8 Å². The smallest absolute Gasteiger partial charge is 0.273 e. The monoisotopic (exact) mass is 323 g/mol. The topological polar surface area (TPSA) is 60.2 Å². The van der Waals surface area contributed by atoms with Gasteiger partial charge in [0.2, 0.25) is 0 Å². The minimum absolute atomic E-state index is 0.0382. The molecule has 0 saturated heterocycles. The molecule has 0 heterocycles. The van der Waals surface area contributed by atoms with Crippen LogP contribution in [0.4, 0.5) is 5.69 Å². The maximum Gasteiger partial charge on any atom is 0.273 e. The Hall–Kier alpha value is -2.75. The normalized spacial score (nSPS) is 11.7. The zero-order valence-corrected chi connectivity index (χ0v) is 14.4. The van der Waals surface area contributed by atoms with Crippen molar-refractivity contribution in [2.24, 2.45) is 0 Å². The first kappa shape index (κ1) is 17.6. The number of aryl methyl sites for hydroxylation is 1. The van der Waals surface area contributed by atoms with Crippen molar-refractivity contribution in [1.82, 2.24) is 0 Å². The first-order valence-corrected chi connectivity index (χ1v) is 7.76. The van der Waals surface area contributed by atoms with E-state index in [4.69, 9.17) is 0 Å². The number of hydrogen-bond acceptors (Lipinski definition) is 3. The van der Waals surface area contributed by atoms with Crippen molar-refractivity contribution in [3.05, 3.63) is 80.9 Å². The Morgan fingerprint density at radius 2 is 1.71 bits per heavy atom. The van der Waals surface area contributed by atoms with Gasteiger partial charge in [0.05, 0.1) is 4.92 Å². The van der Waals surface area contributed by atoms with Gasteiger partial charge >= 0.3 is 0 Å². The molecular formula is C20H21NO3. The molecule has 0 saturated carbocycles. The van der Waals surface area contributed by atoms with Crippen LogP contribution in [0, 0.1) is 17.0 Å². The number of nitrogens with zero attached hydrogens (tertiary/aromatic N) is 1. The lowest BCUT2D eigenvalue weighted by Crippen LogP contribution is -2.10. The van der Waals surface area contributed by atoms with Crippen molar-refractivity contribution < 1.29 is 9.72 Å². The van der Waals surface area contributed by atoms with Crippen LogP contribution in [0.1, 0.15) is 47.8 Å². The molecule has 0 atom stereocenters. The van der Waals surface area contributed by atoms with Gasteiger partial charge < -0.3 is 0 Å². The number of nitro groups is 1. The second kappa shape index (κ2) is 6.79. The fourth-order valence-electron chi connectivity index (χ4n) is 2.32. The average Bonchev–Trinajstić information content (AvgIpc) is 2.52. The van der Waals surface area contributed by atoms with Crippen LogP contribution >= 0.6 is 0 Å². The molecule has 24 heavy (non-hydrogen) atoms. The molecular weight excluding hydrogens is 302 g/mol. The summed E-state index contributed by atoms with van der Waals surface area (Å²) in [6, 6.07) is 12.5. The summed E-state index contributed by atoms with van der Waals surface area (Å²) in [4.78, 5) is 22.7. The third kappa shape index (κ3) is 4.16. The van der Waals surface area contributed by atoms with E-state index in [1.165, 1.54) is 17.7 Å². The van der Waals surface area contributed by atoms with E-state index in [9.17, 15) is 14.9 Å². The number of carbonyl (C=O) groups is 1. The second-order valence-electron chi connectivity index (χ2n) is 6.83. The van der Waals surface area contributed by atoms with E-state index in [1.54, 1.807) is 25.1 Å². The molecule has 0 unspecified atom stereocenters. The van der Waals surface area contributed by atoms with Gasteiger partial charge in [0, 0.05) is 17.2 Å². The lowest BCUT2D eigenvalue weighted by molar-refractivity contribution is -0.385. The van der Waals surface area contributed by atoms with E-state index >= 15 is 0 Å². The van der Waals surface area contributed by atoms with Gasteiger partial charge in [-0.15, -0.1) is 0 Å². The molecule has 0 aliphatic rings. The first-order valence-electron chi connectivity index (χ1n) is 7.76. The van der Waals surface area contributed by atoms with Gasteiger partial charge in [0.15, 0.2) is 5.78 Å². The van der Waals surface area contributed by atoms with Crippen LogP contribution in [-0.4, -0.2) is 10.7 Å². The number of nitro benzene ring substituents is 1. The molecule has 0 fully saturated rings. The van der Waals surface area contributed by atoms with Gasteiger partial charge in [-0.05, 0) is 29.5 Å². The molecule has 2 aromatic rings. The van der Waals surface area contributed by atoms with E-state index in [-0.39, 0.29) is 16.9 Å². The molecule has 124 valence electrons. The third-order valence-electron chi connectivity index (χ3n) is 3.89. The van der Waals surface area contributed by atoms with E-state index in [1.807, 2.05) is 24.3 Å². The number of rotatable bonds is 4. The van der Waals surface area contributed by atoms with Crippen molar-refractivity contribution in [2.45, 2.75) is 33.1 Å². The highest BCUT2D eigenvalue weighted by molar-refractivity contribution is 6.07. The summed E-state index contributed by atoms with van der Waals surface area (Å²) in [5.41, 5.74) is 3.04. The van der Waals surface area contributed by atoms with Crippen LogP contribution in [0.2, 0.25) is 0 Å². The zero-order valence-electron chi connectivity index (χ0n) is 14.4. The summed E-state index contributed by atoms with van der Waals surface area (Å²) < 4.78 is 0. The Morgan fingerprint density at radius 3 is 2.25 bits per heavy atom. The highest BCUT2D eigenvalue weighted by Gasteiger charge is 2.14. The highest BCUT2D eigenvalue weighted by atomic mass is 16.6. The van der Waals surface area contributed by atoms with Crippen molar-refractivity contribution in [1.29, 1.82) is 0 Å². The van der Waals surface area contributed by atoms with Gasteiger partial charge in [-0.25, -0.2) is 0 Å². The van der Waals surface area contributed by atoms with Gasteiger partial charge in [-0.3, -0.25) is 14.9 Å². The van der Waals surface area contributed by atoms with Crippen molar-refractivity contribution in [3.63, 3.8) is 0 Å². The maximum atomic E-state index is 12.2. The summed E-state index contributed by atoms with van der Waals surface area (Å²) in [7, 11) is 0. The number of allylic oxidation sites excluding steroid dienone is 1. The Morgan fingerprint density at radius 1 is 1.08 bits per heavy atom. The van der Waals surface area contributed by atoms with Crippen LogP contribution < -0.4 is 0 Å². The van der Waals surface area contributed by atoms with Gasteiger partial charge in [0.25, 0.3) is 5.69 Å². The molecule has 2 aromatic carbocycles. The quantitative estimate of drug-likeness (QED) is 0.340. The van der Waals surface area contributed by atoms with Crippen LogP contribution in [0.5, 0.6) is 0 Å². The average molecular weight is 323 g/mol. The molecule has 4 nitrogen and oxygen atoms in total. The summed E-state index contributed by atoms with van der Waals surface area (Å²) in [5, 5.41) is 11.0. The lowest BCUT2D eigenvalue weighted by atomic mass is 9.87. The predicted molar refractivity (Wildman–Crippen MR) is 96.3 cm³/mol. The largest absolute Gasteiger partial charge is 0.289 e. The van der Waals surface area contributed by atoms with Gasteiger partial charge in [0.1, 0.15) is 0 Å². The molecule has 0 aliphatic carbocycles. The molecule has 0 N–H and O–H groups in total. The Balaban J connectivity index is 2.19. The molecule has 0 aromatic heterocycles. The Labute approximate surface area is 142 Å². The number of benzene rings is 2. The molecule has 0 bridgehead atoms. The minimum atomic E-state index is -0.471. The van der Waals surface area contributed by atoms with Crippen molar-refractivity contribution >= 4 is 17.5 Å². The number of ketones is 1. The fourth-order valence-corrected chi connectivity index (χ4v) is 2.32. The van der Waals surface area contributed by atoms with E-state index < -0.39 is 4.92 Å². The fraction of sp³-hybridized carbons (Fsp3) is 0.250. The maximum absolute atomic E-state index is 12.2. The molecule has 2 rings (SSSR count). The lowest BCUT2D eigenvalue weighted by Gasteiger charge is -2.18.